The van der Waals surface area contributed by atoms with Gasteiger partial charge in [-0.05, 0) is 23.6 Å². The van der Waals surface area contributed by atoms with Gasteiger partial charge in [0.2, 0.25) is 0 Å². The fourth-order valence-electron chi connectivity index (χ4n) is 3.28. The molecule has 25 heavy (non-hydrogen) atoms. The number of piperazine rings is 1. The van der Waals surface area contributed by atoms with E-state index in [1.165, 1.54) is 25.2 Å². The van der Waals surface area contributed by atoms with E-state index >= 15 is 0 Å². The average Bonchev–Trinajstić information content (AvgIpc) is 3.01. The standard InChI is InChI=1S/C20H30N4O/c1-17(2)14-23-10-12-24(13-11-23)15-18-4-6-19(7-5-18)25-16-20-21-8-9-22(20)3/h4-9,17H,10-16H2,1-3H3. The first-order chi connectivity index (χ1) is 12.1. The topological polar surface area (TPSA) is 33.5 Å². The van der Waals surface area contributed by atoms with Gasteiger partial charge in [0.25, 0.3) is 0 Å². The van der Waals surface area contributed by atoms with Crippen molar-refractivity contribution in [3.05, 3.63) is 48.0 Å². The maximum Gasteiger partial charge on any atom is 0.146 e. The van der Waals surface area contributed by atoms with Gasteiger partial charge in [0.1, 0.15) is 18.2 Å². The first-order valence-corrected chi connectivity index (χ1v) is 9.23. The fourth-order valence-corrected chi connectivity index (χ4v) is 3.28. The third kappa shape index (κ3) is 5.31. The Labute approximate surface area is 151 Å². The third-order valence-corrected chi connectivity index (χ3v) is 4.71. The molecule has 1 fully saturated rings. The first-order valence-electron chi connectivity index (χ1n) is 9.23. The highest BCUT2D eigenvalue weighted by Crippen LogP contribution is 2.16. The largest absolute Gasteiger partial charge is 0.486 e. The lowest BCUT2D eigenvalue weighted by Gasteiger charge is -2.35. The van der Waals surface area contributed by atoms with E-state index in [1.807, 2.05) is 17.8 Å². The molecule has 1 aromatic carbocycles. The predicted molar refractivity (Wildman–Crippen MR) is 101 cm³/mol. The molecule has 136 valence electrons. The zero-order chi connectivity index (χ0) is 17.6. The van der Waals surface area contributed by atoms with Crippen LogP contribution in [0.25, 0.3) is 0 Å². The van der Waals surface area contributed by atoms with Crippen LogP contribution in [0.1, 0.15) is 25.2 Å². The Bertz CT molecular complexity index is 642. The highest BCUT2D eigenvalue weighted by atomic mass is 16.5. The molecule has 2 aromatic rings. The second-order valence-corrected chi connectivity index (χ2v) is 7.36. The Morgan fingerprint density at radius 3 is 2.32 bits per heavy atom. The summed E-state index contributed by atoms with van der Waals surface area (Å²) in [7, 11) is 1.98. The molecule has 1 saturated heterocycles. The van der Waals surface area contributed by atoms with Gasteiger partial charge < -0.3 is 14.2 Å². The van der Waals surface area contributed by atoms with Crippen LogP contribution < -0.4 is 4.74 Å². The van der Waals surface area contributed by atoms with Crippen molar-refractivity contribution in [1.29, 1.82) is 0 Å². The Hall–Kier alpha value is -1.85. The monoisotopic (exact) mass is 342 g/mol. The molecule has 0 spiro atoms. The molecule has 1 aliphatic rings. The van der Waals surface area contributed by atoms with Crippen molar-refractivity contribution in [3.63, 3.8) is 0 Å². The van der Waals surface area contributed by atoms with Crippen molar-refractivity contribution in [2.45, 2.75) is 27.0 Å². The van der Waals surface area contributed by atoms with Crippen LogP contribution in [0.5, 0.6) is 5.75 Å². The van der Waals surface area contributed by atoms with Gasteiger partial charge in [0, 0.05) is 58.7 Å². The normalized spacial score (nSPS) is 16.5. The van der Waals surface area contributed by atoms with E-state index in [4.69, 9.17) is 4.74 Å². The van der Waals surface area contributed by atoms with Crippen LogP contribution in [0.15, 0.2) is 36.7 Å². The van der Waals surface area contributed by atoms with E-state index in [-0.39, 0.29) is 0 Å². The Morgan fingerprint density at radius 2 is 1.72 bits per heavy atom. The summed E-state index contributed by atoms with van der Waals surface area (Å²) >= 11 is 0. The van der Waals surface area contributed by atoms with Crippen molar-refractivity contribution in [3.8, 4) is 5.75 Å². The molecule has 0 atom stereocenters. The molecule has 2 heterocycles. The maximum absolute atomic E-state index is 5.82. The number of benzene rings is 1. The lowest BCUT2D eigenvalue weighted by atomic mass is 10.1. The molecule has 3 rings (SSSR count). The third-order valence-electron chi connectivity index (χ3n) is 4.71. The van der Waals surface area contributed by atoms with E-state index in [0.717, 1.165) is 37.1 Å². The molecule has 0 amide bonds. The van der Waals surface area contributed by atoms with Crippen molar-refractivity contribution in [1.82, 2.24) is 19.4 Å². The lowest BCUT2D eigenvalue weighted by Crippen LogP contribution is -2.46. The molecule has 5 nitrogen and oxygen atoms in total. The number of imidazole rings is 1. The SMILES string of the molecule is CC(C)CN1CCN(Cc2ccc(OCc3nccn3C)cc2)CC1. The van der Waals surface area contributed by atoms with Gasteiger partial charge in [-0.1, -0.05) is 26.0 Å². The van der Waals surface area contributed by atoms with E-state index < -0.39 is 0 Å². The zero-order valence-corrected chi connectivity index (χ0v) is 15.7. The van der Waals surface area contributed by atoms with Crippen LogP contribution in [-0.4, -0.2) is 52.1 Å². The van der Waals surface area contributed by atoms with Crippen molar-refractivity contribution >= 4 is 0 Å². The summed E-state index contributed by atoms with van der Waals surface area (Å²) in [5.41, 5.74) is 1.35. The average molecular weight is 342 g/mol. The van der Waals surface area contributed by atoms with Gasteiger partial charge in [-0.15, -0.1) is 0 Å². The van der Waals surface area contributed by atoms with Crippen LogP contribution >= 0.6 is 0 Å². The lowest BCUT2D eigenvalue weighted by molar-refractivity contribution is 0.117. The van der Waals surface area contributed by atoms with E-state index in [2.05, 4.69) is 52.9 Å². The number of nitrogens with zero attached hydrogens (tertiary/aromatic N) is 4. The van der Waals surface area contributed by atoms with Crippen molar-refractivity contribution < 1.29 is 4.74 Å². The Morgan fingerprint density at radius 1 is 1.04 bits per heavy atom. The summed E-state index contributed by atoms with van der Waals surface area (Å²) in [5.74, 6) is 2.58. The van der Waals surface area contributed by atoms with Crippen LogP contribution in [0, 0.1) is 5.92 Å². The summed E-state index contributed by atoms with van der Waals surface area (Å²) in [5, 5.41) is 0. The first kappa shape index (κ1) is 18.0. The predicted octanol–water partition coefficient (Wildman–Crippen LogP) is 2.77. The van der Waals surface area contributed by atoms with Crippen LogP contribution in [-0.2, 0) is 20.2 Å². The van der Waals surface area contributed by atoms with Gasteiger partial charge in [0.15, 0.2) is 0 Å². The molecule has 5 heteroatoms. The van der Waals surface area contributed by atoms with Crippen LogP contribution in [0.2, 0.25) is 0 Å². The second kappa shape index (κ2) is 8.50. The van der Waals surface area contributed by atoms with Gasteiger partial charge in [-0.3, -0.25) is 4.90 Å². The Balaban J connectivity index is 1.44. The number of aryl methyl sites for hydroxylation is 1. The minimum atomic E-state index is 0.501. The van der Waals surface area contributed by atoms with Gasteiger partial charge >= 0.3 is 0 Å². The second-order valence-electron chi connectivity index (χ2n) is 7.36. The minimum absolute atomic E-state index is 0.501. The van der Waals surface area contributed by atoms with E-state index in [1.54, 1.807) is 6.20 Å². The highest BCUT2D eigenvalue weighted by Gasteiger charge is 2.17. The highest BCUT2D eigenvalue weighted by molar-refractivity contribution is 5.27. The molecule has 0 radical (unpaired) electrons. The number of rotatable bonds is 7. The number of aromatic nitrogens is 2. The maximum atomic E-state index is 5.82. The molecule has 0 saturated carbocycles. The molecule has 0 N–H and O–H groups in total. The number of hydrogen-bond acceptors (Lipinski definition) is 4. The van der Waals surface area contributed by atoms with Gasteiger partial charge in [0.05, 0.1) is 0 Å². The summed E-state index contributed by atoms with van der Waals surface area (Å²) in [6.45, 7) is 12.0. The van der Waals surface area contributed by atoms with Crippen molar-refractivity contribution in [2.24, 2.45) is 13.0 Å². The van der Waals surface area contributed by atoms with Crippen LogP contribution in [0.3, 0.4) is 0 Å². The summed E-state index contributed by atoms with van der Waals surface area (Å²) in [4.78, 5) is 9.40. The van der Waals surface area contributed by atoms with Gasteiger partial charge in [-0.25, -0.2) is 4.98 Å². The van der Waals surface area contributed by atoms with Crippen LogP contribution in [0.4, 0.5) is 0 Å². The smallest absolute Gasteiger partial charge is 0.146 e. The Kier molecular flexibility index (Phi) is 6.10. The number of ether oxygens (including phenoxy) is 1. The molecule has 0 bridgehead atoms. The molecule has 1 aliphatic heterocycles. The minimum Gasteiger partial charge on any atom is -0.486 e. The quantitative estimate of drug-likeness (QED) is 0.775. The van der Waals surface area contributed by atoms with E-state index in [0.29, 0.717) is 6.61 Å². The van der Waals surface area contributed by atoms with E-state index in [9.17, 15) is 0 Å². The summed E-state index contributed by atoms with van der Waals surface area (Å²) < 4.78 is 7.80. The molecule has 1 aromatic heterocycles. The fraction of sp³-hybridized carbons (Fsp3) is 0.550. The van der Waals surface area contributed by atoms with Crippen molar-refractivity contribution in [2.75, 3.05) is 32.7 Å². The summed E-state index contributed by atoms with van der Waals surface area (Å²) in [6, 6.07) is 8.48. The zero-order valence-electron chi connectivity index (χ0n) is 15.7. The number of hydrogen-bond donors (Lipinski definition) is 0. The molecular weight excluding hydrogens is 312 g/mol. The molecule has 0 aliphatic carbocycles. The van der Waals surface area contributed by atoms with Gasteiger partial charge in [-0.2, -0.15) is 0 Å². The summed E-state index contributed by atoms with van der Waals surface area (Å²) in [6.07, 6.45) is 3.73. The molecule has 0 unspecified atom stereocenters. The molecular formula is C20H30N4O.